The van der Waals surface area contributed by atoms with Crippen LogP contribution in [0.1, 0.15) is 18.5 Å². The van der Waals surface area contributed by atoms with E-state index in [1.807, 2.05) is 0 Å². The zero-order valence-corrected chi connectivity index (χ0v) is 8.81. The highest BCUT2D eigenvalue weighted by molar-refractivity contribution is 5.70. The van der Waals surface area contributed by atoms with Crippen LogP contribution in [0, 0.1) is 5.92 Å². The third-order valence-electron chi connectivity index (χ3n) is 2.41. The van der Waals surface area contributed by atoms with Crippen LogP contribution < -0.4 is 10.5 Å². The van der Waals surface area contributed by atoms with Crippen LogP contribution in [0.2, 0.25) is 0 Å². The molecule has 4 nitrogen and oxygen atoms in total. The first-order chi connectivity index (χ1) is 7.06. The molecule has 3 N–H and O–H groups in total. The normalized spacial score (nSPS) is 14.3. The van der Waals surface area contributed by atoms with Crippen LogP contribution in [0.25, 0.3) is 0 Å². The van der Waals surface area contributed by atoms with Gasteiger partial charge in [-0.05, 0) is 17.7 Å². The van der Waals surface area contributed by atoms with Gasteiger partial charge in [0.25, 0.3) is 0 Å². The zero-order valence-electron chi connectivity index (χ0n) is 8.81. The summed E-state index contributed by atoms with van der Waals surface area (Å²) in [5, 5.41) is 8.83. The van der Waals surface area contributed by atoms with Crippen molar-refractivity contribution in [3.05, 3.63) is 29.8 Å². The van der Waals surface area contributed by atoms with Gasteiger partial charge in [-0.3, -0.25) is 4.79 Å². The Labute approximate surface area is 88.7 Å². The van der Waals surface area contributed by atoms with Crippen molar-refractivity contribution < 1.29 is 14.6 Å². The lowest BCUT2D eigenvalue weighted by Crippen LogP contribution is -2.25. The van der Waals surface area contributed by atoms with Gasteiger partial charge in [-0.25, -0.2) is 0 Å². The molecule has 0 amide bonds. The number of hydrogen-bond acceptors (Lipinski definition) is 3. The molecule has 0 heterocycles. The minimum Gasteiger partial charge on any atom is -0.497 e. The molecule has 1 rings (SSSR count). The fourth-order valence-electron chi connectivity index (χ4n) is 1.29. The quantitative estimate of drug-likeness (QED) is 0.786. The molecule has 0 saturated carbocycles. The van der Waals surface area contributed by atoms with Crippen LogP contribution in [-0.2, 0) is 4.79 Å². The molecule has 0 aliphatic heterocycles. The van der Waals surface area contributed by atoms with Gasteiger partial charge in [0.15, 0.2) is 0 Å². The van der Waals surface area contributed by atoms with Crippen LogP contribution in [0.5, 0.6) is 5.75 Å². The molecule has 1 aromatic rings. The van der Waals surface area contributed by atoms with E-state index in [1.165, 1.54) is 0 Å². The molecule has 1 aromatic carbocycles. The Kier molecular flexibility index (Phi) is 3.68. The van der Waals surface area contributed by atoms with Crippen molar-refractivity contribution in [1.29, 1.82) is 0 Å². The summed E-state index contributed by atoms with van der Waals surface area (Å²) in [5.41, 5.74) is 6.59. The zero-order chi connectivity index (χ0) is 11.4. The minimum atomic E-state index is -0.898. The third-order valence-corrected chi connectivity index (χ3v) is 2.41. The van der Waals surface area contributed by atoms with Gasteiger partial charge >= 0.3 is 5.97 Å². The van der Waals surface area contributed by atoms with Gasteiger partial charge in [0.1, 0.15) is 5.75 Å². The van der Waals surface area contributed by atoms with E-state index in [-0.39, 0.29) is 0 Å². The van der Waals surface area contributed by atoms with Crippen molar-refractivity contribution in [3.8, 4) is 5.75 Å². The highest BCUT2D eigenvalue weighted by atomic mass is 16.5. The van der Waals surface area contributed by atoms with E-state index in [0.717, 1.165) is 5.56 Å². The lowest BCUT2D eigenvalue weighted by molar-refractivity contribution is -0.141. The first kappa shape index (κ1) is 11.5. The van der Waals surface area contributed by atoms with Gasteiger partial charge in [0.05, 0.1) is 13.0 Å². The molecule has 0 radical (unpaired) electrons. The minimum absolute atomic E-state index is 0.516. The Hall–Kier alpha value is -1.55. The lowest BCUT2D eigenvalue weighted by atomic mass is 9.95. The van der Waals surface area contributed by atoms with Crippen molar-refractivity contribution in [3.63, 3.8) is 0 Å². The maximum Gasteiger partial charge on any atom is 0.308 e. The second-order valence-electron chi connectivity index (χ2n) is 3.43. The average molecular weight is 209 g/mol. The van der Waals surface area contributed by atoms with Gasteiger partial charge in [-0.1, -0.05) is 19.1 Å². The van der Waals surface area contributed by atoms with Crippen molar-refractivity contribution >= 4 is 5.97 Å². The summed E-state index contributed by atoms with van der Waals surface area (Å²) >= 11 is 0. The molecule has 4 heteroatoms. The van der Waals surface area contributed by atoms with Crippen LogP contribution in [0.15, 0.2) is 24.3 Å². The SMILES string of the molecule is COc1cccc(C(N)C(C)C(=O)O)c1. The van der Waals surface area contributed by atoms with Crippen molar-refractivity contribution in [2.24, 2.45) is 11.7 Å². The van der Waals surface area contributed by atoms with E-state index >= 15 is 0 Å². The number of ether oxygens (including phenoxy) is 1. The second kappa shape index (κ2) is 4.79. The van der Waals surface area contributed by atoms with Gasteiger partial charge in [0, 0.05) is 6.04 Å². The first-order valence-electron chi connectivity index (χ1n) is 4.68. The number of hydrogen-bond donors (Lipinski definition) is 2. The maximum atomic E-state index is 10.8. The molecule has 0 bridgehead atoms. The van der Waals surface area contributed by atoms with Crippen molar-refractivity contribution in [1.82, 2.24) is 0 Å². The number of carboxylic acids is 1. The summed E-state index contributed by atoms with van der Waals surface area (Å²) in [6.45, 7) is 1.59. The fraction of sp³-hybridized carbons (Fsp3) is 0.364. The Morgan fingerprint density at radius 3 is 2.73 bits per heavy atom. The van der Waals surface area contributed by atoms with E-state index in [9.17, 15) is 4.79 Å². The molecule has 0 aliphatic rings. The van der Waals surface area contributed by atoms with Gasteiger partial charge in [0.2, 0.25) is 0 Å². The van der Waals surface area contributed by atoms with Crippen LogP contribution in [-0.4, -0.2) is 18.2 Å². The molecule has 0 aromatic heterocycles. The number of rotatable bonds is 4. The fourth-order valence-corrected chi connectivity index (χ4v) is 1.29. The molecule has 0 aliphatic carbocycles. The van der Waals surface area contributed by atoms with Gasteiger partial charge < -0.3 is 15.6 Å². The Balaban J connectivity index is 2.90. The number of nitrogens with two attached hydrogens (primary N) is 1. The summed E-state index contributed by atoms with van der Waals surface area (Å²) in [7, 11) is 1.56. The maximum absolute atomic E-state index is 10.8. The number of carbonyl (C=O) groups is 1. The summed E-state index contributed by atoms with van der Waals surface area (Å²) in [6, 6.07) is 6.62. The van der Waals surface area contributed by atoms with Crippen molar-refractivity contribution in [2.45, 2.75) is 13.0 Å². The van der Waals surface area contributed by atoms with Crippen LogP contribution in [0.3, 0.4) is 0 Å². The standard InChI is InChI=1S/C11H15NO3/c1-7(11(13)14)10(12)8-4-3-5-9(6-8)15-2/h3-7,10H,12H2,1-2H3,(H,13,14). The van der Waals surface area contributed by atoms with E-state index < -0.39 is 17.9 Å². The molecule has 0 spiro atoms. The Morgan fingerprint density at radius 2 is 2.20 bits per heavy atom. The third kappa shape index (κ3) is 2.70. The van der Waals surface area contributed by atoms with Crippen LogP contribution in [0.4, 0.5) is 0 Å². The Morgan fingerprint density at radius 1 is 1.53 bits per heavy atom. The summed E-state index contributed by atoms with van der Waals surface area (Å²) < 4.78 is 5.04. The second-order valence-corrected chi connectivity index (χ2v) is 3.43. The smallest absolute Gasteiger partial charge is 0.308 e. The molecule has 0 saturated heterocycles. The highest BCUT2D eigenvalue weighted by Crippen LogP contribution is 2.23. The summed E-state index contributed by atoms with van der Waals surface area (Å²) in [5.74, 6) is -0.831. The Bertz CT molecular complexity index is 351. The van der Waals surface area contributed by atoms with E-state index in [4.69, 9.17) is 15.6 Å². The van der Waals surface area contributed by atoms with E-state index in [0.29, 0.717) is 5.75 Å². The molecular weight excluding hydrogens is 194 g/mol. The van der Waals surface area contributed by atoms with Crippen LogP contribution >= 0.6 is 0 Å². The summed E-state index contributed by atoms with van der Waals surface area (Å²) in [6.07, 6.45) is 0. The summed E-state index contributed by atoms with van der Waals surface area (Å²) in [4.78, 5) is 10.8. The topological polar surface area (TPSA) is 72.5 Å². The van der Waals surface area contributed by atoms with E-state index in [1.54, 1.807) is 38.3 Å². The number of methoxy groups -OCH3 is 1. The predicted molar refractivity (Wildman–Crippen MR) is 56.7 cm³/mol. The molecule has 82 valence electrons. The van der Waals surface area contributed by atoms with E-state index in [2.05, 4.69) is 0 Å². The molecule has 15 heavy (non-hydrogen) atoms. The van der Waals surface area contributed by atoms with Crippen molar-refractivity contribution in [2.75, 3.05) is 7.11 Å². The lowest BCUT2D eigenvalue weighted by Gasteiger charge is -2.16. The monoisotopic (exact) mass is 209 g/mol. The average Bonchev–Trinajstić information content (AvgIpc) is 2.27. The molecule has 2 atom stereocenters. The molecular formula is C11H15NO3. The number of benzene rings is 1. The molecule has 0 fully saturated rings. The van der Waals surface area contributed by atoms with Gasteiger partial charge in [-0.15, -0.1) is 0 Å². The first-order valence-corrected chi connectivity index (χ1v) is 4.68. The van der Waals surface area contributed by atoms with Gasteiger partial charge in [-0.2, -0.15) is 0 Å². The largest absolute Gasteiger partial charge is 0.497 e. The number of carboxylic acid groups (broad SMARTS) is 1. The predicted octanol–water partition coefficient (Wildman–Crippen LogP) is 1.42. The number of aliphatic carboxylic acids is 1. The highest BCUT2D eigenvalue weighted by Gasteiger charge is 2.21. The molecule has 2 unspecified atom stereocenters.